The summed E-state index contributed by atoms with van der Waals surface area (Å²) in [6.07, 6.45) is 3.63. The number of para-hydroxylation sites is 1. The second-order valence-corrected chi connectivity index (χ2v) is 8.02. The fourth-order valence-corrected chi connectivity index (χ4v) is 3.63. The van der Waals surface area contributed by atoms with Gasteiger partial charge in [0, 0.05) is 23.6 Å². The summed E-state index contributed by atoms with van der Waals surface area (Å²) in [5.74, 6) is 0.430. The molecule has 0 spiro atoms. The standard InChI is InChI=1S/C25H24N2O4/c1-25(2)16-21(19-12-6-7-13-22(19)31-25)27-24(29)20(15-18-11-8-14-30-18)26-23(28)17-9-4-3-5-10-17/h3-15,21H,16H2,1-2H3,(H,26,28)(H,27,29)/b20-15-/t21-/m1/s1. The minimum absolute atomic E-state index is 0.102. The van der Waals surface area contributed by atoms with Gasteiger partial charge in [0.05, 0.1) is 12.3 Å². The molecular weight excluding hydrogens is 392 g/mol. The molecule has 0 unspecified atom stereocenters. The van der Waals surface area contributed by atoms with E-state index in [4.69, 9.17) is 9.15 Å². The van der Waals surface area contributed by atoms with Crippen molar-refractivity contribution in [3.05, 3.63) is 95.6 Å². The number of carbonyl (C=O) groups excluding carboxylic acids is 2. The summed E-state index contributed by atoms with van der Waals surface area (Å²) in [6, 6.07) is 19.6. The van der Waals surface area contributed by atoms with E-state index in [0.717, 1.165) is 11.3 Å². The molecule has 2 heterocycles. The Morgan fingerprint density at radius 3 is 2.48 bits per heavy atom. The van der Waals surface area contributed by atoms with Gasteiger partial charge in [0.2, 0.25) is 0 Å². The average Bonchev–Trinajstić information content (AvgIpc) is 3.26. The summed E-state index contributed by atoms with van der Waals surface area (Å²) >= 11 is 0. The Morgan fingerprint density at radius 1 is 1.00 bits per heavy atom. The molecule has 0 saturated carbocycles. The highest BCUT2D eigenvalue weighted by atomic mass is 16.5. The highest BCUT2D eigenvalue weighted by Gasteiger charge is 2.34. The third-order valence-corrected chi connectivity index (χ3v) is 5.04. The highest BCUT2D eigenvalue weighted by Crippen LogP contribution is 2.39. The molecule has 0 saturated heterocycles. The Kier molecular flexibility index (Phi) is 5.62. The maximum atomic E-state index is 13.2. The van der Waals surface area contributed by atoms with Gasteiger partial charge >= 0.3 is 0 Å². The van der Waals surface area contributed by atoms with Crippen LogP contribution in [0.3, 0.4) is 0 Å². The normalized spacial score (nSPS) is 17.2. The van der Waals surface area contributed by atoms with Crippen LogP contribution in [0.2, 0.25) is 0 Å². The molecule has 1 aliphatic heterocycles. The van der Waals surface area contributed by atoms with E-state index in [0.29, 0.717) is 17.7 Å². The quantitative estimate of drug-likeness (QED) is 0.602. The lowest BCUT2D eigenvalue weighted by Gasteiger charge is -2.38. The smallest absolute Gasteiger partial charge is 0.268 e. The van der Waals surface area contributed by atoms with Gasteiger partial charge in [0.1, 0.15) is 22.8 Å². The third kappa shape index (κ3) is 4.86. The van der Waals surface area contributed by atoms with Crippen LogP contribution in [0.25, 0.3) is 6.08 Å². The van der Waals surface area contributed by atoms with Gasteiger partial charge in [-0.1, -0.05) is 36.4 Å². The lowest BCUT2D eigenvalue weighted by atomic mass is 9.89. The van der Waals surface area contributed by atoms with Crippen molar-refractivity contribution in [3.8, 4) is 5.75 Å². The van der Waals surface area contributed by atoms with Gasteiger partial charge in [0.15, 0.2) is 0 Å². The molecule has 0 aliphatic carbocycles. The molecule has 2 amide bonds. The number of fused-ring (bicyclic) bond motifs is 1. The lowest BCUT2D eigenvalue weighted by Crippen LogP contribution is -2.43. The average molecular weight is 416 g/mol. The maximum absolute atomic E-state index is 13.2. The monoisotopic (exact) mass is 416 g/mol. The Hall–Kier alpha value is -3.80. The van der Waals surface area contributed by atoms with Crippen LogP contribution in [0.5, 0.6) is 5.75 Å². The summed E-state index contributed by atoms with van der Waals surface area (Å²) in [5, 5.41) is 5.78. The van der Waals surface area contributed by atoms with E-state index >= 15 is 0 Å². The highest BCUT2D eigenvalue weighted by molar-refractivity contribution is 6.05. The Morgan fingerprint density at radius 2 is 1.74 bits per heavy atom. The van der Waals surface area contributed by atoms with Crippen molar-refractivity contribution >= 4 is 17.9 Å². The molecular formula is C25H24N2O4. The molecule has 0 bridgehead atoms. The lowest BCUT2D eigenvalue weighted by molar-refractivity contribution is -0.119. The van der Waals surface area contributed by atoms with Crippen LogP contribution in [0.4, 0.5) is 0 Å². The second-order valence-electron chi connectivity index (χ2n) is 8.02. The summed E-state index contributed by atoms with van der Waals surface area (Å²) in [6.45, 7) is 3.97. The van der Waals surface area contributed by atoms with E-state index in [9.17, 15) is 9.59 Å². The molecule has 31 heavy (non-hydrogen) atoms. The van der Waals surface area contributed by atoms with Gasteiger partial charge in [-0.25, -0.2) is 0 Å². The molecule has 158 valence electrons. The largest absolute Gasteiger partial charge is 0.487 e. The molecule has 3 aromatic rings. The van der Waals surface area contributed by atoms with Crippen molar-refractivity contribution in [2.75, 3.05) is 0 Å². The molecule has 2 aromatic carbocycles. The van der Waals surface area contributed by atoms with Crippen molar-refractivity contribution < 1.29 is 18.7 Å². The Balaban J connectivity index is 1.60. The minimum Gasteiger partial charge on any atom is -0.487 e. The van der Waals surface area contributed by atoms with Crippen LogP contribution in [0, 0.1) is 0 Å². The number of ether oxygens (including phenoxy) is 1. The van der Waals surface area contributed by atoms with Crippen molar-refractivity contribution in [2.24, 2.45) is 0 Å². The summed E-state index contributed by atoms with van der Waals surface area (Å²) in [7, 11) is 0. The van der Waals surface area contributed by atoms with E-state index < -0.39 is 11.5 Å². The molecule has 1 aliphatic rings. The fraction of sp³-hybridized carbons (Fsp3) is 0.200. The molecule has 0 fully saturated rings. The van der Waals surface area contributed by atoms with E-state index in [-0.39, 0.29) is 17.6 Å². The van der Waals surface area contributed by atoms with Crippen LogP contribution in [0.15, 0.2) is 83.1 Å². The first-order chi connectivity index (χ1) is 14.9. The molecule has 2 N–H and O–H groups in total. The number of nitrogens with one attached hydrogen (secondary N) is 2. The number of hydrogen-bond donors (Lipinski definition) is 2. The van der Waals surface area contributed by atoms with Gasteiger partial charge in [-0.3, -0.25) is 9.59 Å². The Bertz CT molecular complexity index is 1100. The van der Waals surface area contributed by atoms with E-state index in [1.165, 1.54) is 12.3 Å². The van der Waals surface area contributed by atoms with Gasteiger partial charge in [-0.05, 0) is 44.2 Å². The summed E-state index contributed by atoms with van der Waals surface area (Å²) in [5.41, 5.74) is 1.02. The Labute approximate surface area is 180 Å². The summed E-state index contributed by atoms with van der Waals surface area (Å²) in [4.78, 5) is 25.9. The van der Waals surface area contributed by atoms with Crippen LogP contribution >= 0.6 is 0 Å². The first kappa shape index (κ1) is 20.5. The molecule has 1 atom stereocenters. The van der Waals surface area contributed by atoms with Crippen LogP contribution < -0.4 is 15.4 Å². The van der Waals surface area contributed by atoms with E-state index in [1.54, 1.807) is 36.4 Å². The van der Waals surface area contributed by atoms with Gasteiger partial charge in [-0.2, -0.15) is 0 Å². The van der Waals surface area contributed by atoms with Crippen molar-refractivity contribution in [1.82, 2.24) is 10.6 Å². The zero-order chi connectivity index (χ0) is 21.8. The molecule has 6 heteroatoms. The number of rotatable bonds is 5. The molecule has 6 nitrogen and oxygen atoms in total. The fourth-order valence-electron chi connectivity index (χ4n) is 3.63. The SMILES string of the molecule is CC1(C)C[C@@H](NC(=O)/C(=C/c2ccco2)NC(=O)c2ccccc2)c2ccccc2O1. The number of carbonyl (C=O) groups is 2. The zero-order valence-corrected chi connectivity index (χ0v) is 17.4. The number of furan rings is 1. The van der Waals surface area contributed by atoms with Gasteiger partial charge in [0.25, 0.3) is 11.8 Å². The predicted octanol–water partition coefficient (Wildman–Crippen LogP) is 4.47. The number of benzene rings is 2. The molecule has 4 rings (SSSR count). The first-order valence-electron chi connectivity index (χ1n) is 10.1. The first-order valence-corrected chi connectivity index (χ1v) is 10.1. The van der Waals surface area contributed by atoms with Crippen molar-refractivity contribution in [3.63, 3.8) is 0 Å². The summed E-state index contributed by atoms with van der Waals surface area (Å²) < 4.78 is 11.4. The van der Waals surface area contributed by atoms with Crippen molar-refractivity contribution in [1.29, 1.82) is 0 Å². The second kappa shape index (κ2) is 8.52. The maximum Gasteiger partial charge on any atom is 0.268 e. The van der Waals surface area contributed by atoms with Gasteiger partial charge < -0.3 is 19.8 Å². The van der Waals surface area contributed by atoms with E-state index in [1.807, 2.05) is 44.2 Å². The third-order valence-electron chi connectivity index (χ3n) is 5.04. The number of hydrogen-bond acceptors (Lipinski definition) is 4. The van der Waals surface area contributed by atoms with Crippen LogP contribution in [-0.4, -0.2) is 17.4 Å². The van der Waals surface area contributed by atoms with Gasteiger partial charge in [-0.15, -0.1) is 0 Å². The van der Waals surface area contributed by atoms with E-state index in [2.05, 4.69) is 10.6 Å². The van der Waals surface area contributed by atoms with Crippen molar-refractivity contribution in [2.45, 2.75) is 31.9 Å². The number of amides is 2. The zero-order valence-electron chi connectivity index (χ0n) is 17.4. The van der Waals surface area contributed by atoms with Crippen LogP contribution in [0.1, 0.15) is 48.0 Å². The molecule has 0 radical (unpaired) electrons. The molecule has 1 aromatic heterocycles. The topological polar surface area (TPSA) is 80.6 Å². The minimum atomic E-state index is -0.440. The predicted molar refractivity (Wildman–Crippen MR) is 117 cm³/mol. The van der Waals surface area contributed by atoms with Crippen LogP contribution in [-0.2, 0) is 4.79 Å².